The largest absolute Gasteiger partial charge is 0.508 e. The van der Waals surface area contributed by atoms with Crippen LogP contribution in [0, 0.1) is 6.42 Å². The average molecular weight is 316 g/mol. The van der Waals surface area contributed by atoms with Gasteiger partial charge in [-0.25, -0.2) is 0 Å². The van der Waals surface area contributed by atoms with Crippen molar-refractivity contribution in [3.63, 3.8) is 0 Å². The summed E-state index contributed by atoms with van der Waals surface area (Å²) in [5, 5.41) is 15.3. The molecule has 4 nitrogen and oxygen atoms in total. The molecule has 3 aromatic carbocycles. The Hall–Kier alpha value is -3.27. The van der Waals surface area contributed by atoms with E-state index in [0.717, 1.165) is 16.5 Å². The molecule has 0 saturated carbocycles. The fraction of sp³-hybridized carbons (Fsp3) is 0. The van der Waals surface area contributed by atoms with Gasteiger partial charge in [0, 0.05) is 16.6 Å². The summed E-state index contributed by atoms with van der Waals surface area (Å²) in [6.07, 6.45) is 2.96. The fourth-order valence-electron chi connectivity index (χ4n) is 2.74. The number of rotatable bonds is 3. The van der Waals surface area contributed by atoms with Crippen LogP contribution in [0.4, 0.5) is 5.69 Å². The number of anilines is 1. The Kier molecular flexibility index (Phi) is 3.43. The molecule has 117 valence electrons. The van der Waals surface area contributed by atoms with Crippen LogP contribution in [0.3, 0.4) is 0 Å². The monoisotopic (exact) mass is 316 g/mol. The summed E-state index contributed by atoms with van der Waals surface area (Å²) in [6.45, 7) is 0. The Balaban J connectivity index is 1.55. The van der Waals surface area contributed by atoms with Gasteiger partial charge in [0.25, 0.3) is 0 Å². The van der Waals surface area contributed by atoms with Crippen LogP contribution in [0.2, 0.25) is 0 Å². The third-order valence-electron chi connectivity index (χ3n) is 3.89. The highest BCUT2D eigenvalue weighted by Crippen LogP contribution is 2.26. The SMILES string of the molecule is O=C([CH]c1coc2ccc(O)cc12)Nc1ccc2ccccc2c1. The number of phenolic OH excluding ortho intramolecular Hbond substituents is 1. The van der Waals surface area contributed by atoms with Crippen LogP contribution >= 0.6 is 0 Å². The third kappa shape index (κ3) is 2.70. The first-order chi connectivity index (χ1) is 11.7. The van der Waals surface area contributed by atoms with Gasteiger partial charge in [0.15, 0.2) is 0 Å². The Morgan fingerprint density at radius 2 is 1.83 bits per heavy atom. The minimum absolute atomic E-state index is 0.133. The molecule has 4 aromatic rings. The van der Waals surface area contributed by atoms with E-state index < -0.39 is 0 Å². The van der Waals surface area contributed by atoms with E-state index in [1.54, 1.807) is 18.2 Å². The van der Waals surface area contributed by atoms with Gasteiger partial charge in [-0.3, -0.25) is 4.79 Å². The molecule has 0 fully saturated rings. The quantitative estimate of drug-likeness (QED) is 0.585. The summed E-state index contributed by atoms with van der Waals surface area (Å²) in [6, 6.07) is 18.5. The number of furan rings is 1. The van der Waals surface area contributed by atoms with E-state index >= 15 is 0 Å². The molecular weight excluding hydrogens is 302 g/mol. The van der Waals surface area contributed by atoms with Gasteiger partial charge in [-0.2, -0.15) is 0 Å². The second kappa shape index (κ2) is 5.74. The molecule has 2 N–H and O–H groups in total. The van der Waals surface area contributed by atoms with Gasteiger partial charge < -0.3 is 14.8 Å². The number of fused-ring (bicyclic) bond motifs is 2. The van der Waals surface area contributed by atoms with Crippen molar-refractivity contribution in [3.8, 4) is 5.75 Å². The van der Waals surface area contributed by atoms with Crippen molar-refractivity contribution < 1.29 is 14.3 Å². The third-order valence-corrected chi connectivity index (χ3v) is 3.89. The Morgan fingerprint density at radius 3 is 2.71 bits per heavy atom. The highest BCUT2D eigenvalue weighted by atomic mass is 16.3. The Morgan fingerprint density at radius 1 is 1.00 bits per heavy atom. The zero-order valence-corrected chi connectivity index (χ0v) is 12.7. The van der Waals surface area contributed by atoms with E-state index in [2.05, 4.69) is 5.32 Å². The summed E-state index contributed by atoms with van der Waals surface area (Å²) < 4.78 is 5.39. The number of hydrogen-bond acceptors (Lipinski definition) is 3. The number of amides is 1. The second-order valence-electron chi connectivity index (χ2n) is 5.57. The van der Waals surface area contributed by atoms with E-state index in [-0.39, 0.29) is 11.7 Å². The van der Waals surface area contributed by atoms with Crippen molar-refractivity contribution in [1.82, 2.24) is 0 Å². The van der Waals surface area contributed by atoms with Crippen LogP contribution in [0.15, 0.2) is 71.3 Å². The molecule has 0 aliphatic carbocycles. The van der Waals surface area contributed by atoms with Crippen LogP contribution < -0.4 is 5.32 Å². The van der Waals surface area contributed by atoms with E-state index in [4.69, 9.17) is 4.42 Å². The van der Waals surface area contributed by atoms with Gasteiger partial charge in [0.05, 0.1) is 12.7 Å². The van der Waals surface area contributed by atoms with E-state index in [1.807, 2.05) is 42.5 Å². The minimum atomic E-state index is -0.253. The summed E-state index contributed by atoms with van der Waals surface area (Å²) in [5.74, 6) is -0.121. The van der Waals surface area contributed by atoms with Gasteiger partial charge in [0.2, 0.25) is 5.91 Å². The maximum Gasteiger partial charge on any atom is 0.233 e. The molecule has 0 bridgehead atoms. The molecule has 4 rings (SSSR count). The summed E-state index contributed by atoms with van der Waals surface area (Å²) >= 11 is 0. The molecule has 0 atom stereocenters. The molecule has 1 radical (unpaired) electrons. The van der Waals surface area contributed by atoms with E-state index in [1.165, 1.54) is 12.7 Å². The molecule has 0 saturated heterocycles. The highest BCUT2D eigenvalue weighted by Gasteiger charge is 2.12. The predicted octanol–water partition coefficient (Wildman–Crippen LogP) is 4.48. The van der Waals surface area contributed by atoms with Crippen LogP contribution in [-0.4, -0.2) is 11.0 Å². The summed E-state index contributed by atoms with van der Waals surface area (Å²) in [4.78, 5) is 12.3. The minimum Gasteiger partial charge on any atom is -0.508 e. The van der Waals surface area contributed by atoms with E-state index in [0.29, 0.717) is 16.5 Å². The van der Waals surface area contributed by atoms with Crippen molar-refractivity contribution in [2.75, 3.05) is 5.32 Å². The van der Waals surface area contributed by atoms with Gasteiger partial charge in [-0.05, 0) is 41.1 Å². The molecule has 1 amide bonds. The molecule has 0 aliphatic heterocycles. The average Bonchev–Trinajstić information content (AvgIpc) is 2.97. The number of nitrogens with one attached hydrogen (secondary N) is 1. The summed E-state index contributed by atoms with van der Waals surface area (Å²) in [5.41, 5.74) is 1.97. The first-order valence-electron chi connectivity index (χ1n) is 7.54. The smallest absolute Gasteiger partial charge is 0.233 e. The van der Waals surface area contributed by atoms with Crippen molar-refractivity contribution in [2.45, 2.75) is 0 Å². The topological polar surface area (TPSA) is 62.5 Å². The molecule has 0 aliphatic rings. The van der Waals surface area contributed by atoms with Crippen LogP contribution in [0.5, 0.6) is 5.75 Å². The Bertz CT molecular complexity index is 1050. The molecule has 1 aromatic heterocycles. The highest BCUT2D eigenvalue weighted by molar-refractivity contribution is 6.03. The molecule has 24 heavy (non-hydrogen) atoms. The standard InChI is InChI=1S/C20H14NO3/c22-17-7-8-19-18(11-17)15(12-24-19)10-20(23)21-16-6-5-13-3-1-2-4-14(13)9-16/h1-12,22H,(H,21,23). The molecule has 4 heteroatoms. The molecular formula is C20H14NO3. The summed E-state index contributed by atoms with van der Waals surface area (Å²) in [7, 11) is 0. The van der Waals surface area contributed by atoms with Crippen molar-refractivity contribution in [1.29, 1.82) is 0 Å². The van der Waals surface area contributed by atoms with Crippen LogP contribution in [-0.2, 0) is 4.79 Å². The normalized spacial score (nSPS) is 11.0. The van der Waals surface area contributed by atoms with Crippen molar-refractivity contribution in [3.05, 3.63) is 78.9 Å². The van der Waals surface area contributed by atoms with Gasteiger partial charge in [-0.1, -0.05) is 30.3 Å². The van der Waals surface area contributed by atoms with Gasteiger partial charge in [-0.15, -0.1) is 0 Å². The first kappa shape index (κ1) is 14.3. The zero-order valence-electron chi connectivity index (χ0n) is 12.7. The van der Waals surface area contributed by atoms with Crippen molar-refractivity contribution >= 4 is 33.3 Å². The molecule has 0 spiro atoms. The van der Waals surface area contributed by atoms with Crippen molar-refractivity contribution in [2.24, 2.45) is 0 Å². The van der Waals surface area contributed by atoms with E-state index in [9.17, 15) is 9.90 Å². The molecule has 1 heterocycles. The number of benzene rings is 3. The predicted molar refractivity (Wildman–Crippen MR) is 93.9 cm³/mol. The number of hydrogen-bond donors (Lipinski definition) is 2. The number of phenols is 1. The first-order valence-corrected chi connectivity index (χ1v) is 7.54. The Labute approximate surface area is 138 Å². The molecule has 0 unspecified atom stereocenters. The van der Waals surface area contributed by atoms with Gasteiger partial charge in [0.1, 0.15) is 11.3 Å². The van der Waals surface area contributed by atoms with Crippen LogP contribution in [0.25, 0.3) is 21.7 Å². The lowest BCUT2D eigenvalue weighted by Gasteiger charge is -2.06. The number of carbonyl (C=O) groups excluding carboxylic acids is 1. The lowest BCUT2D eigenvalue weighted by Crippen LogP contribution is -2.12. The number of carbonyl (C=O) groups is 1. The van der Waals surface area contributed by atoms with Gasteiger partial charge >= 0.3 is 0 Å². The maximum atomic E-state index is 12.3. The number of aromatic hydroxyl groups is 1. The second-order valence-corrected chi connectivity index (χ2v) is 5.57. The maximum absolute atomic E-state index is 12.3. The lowest BCUT2D eigenvalue weighted by atomic mass is 10.1. The fourth-order valence-corrected chi connectivity index (χ4v) is 2.74. The lowest BCUT2D eigenvalue weighted by molar-refractivity contribution is -0.112. The van der Waals surface area contributed by atoms with Crippen LogP contribution in [0.1, 0.15) is 5.56 Å². The zero-order chi connectivity index (χ0) is 16.5.